The molecule has 3 rings (SSSR count). The van der Waals surface area contributed by atoms with Crippen LogP contribution in [0.15, 0.2) is 23.1 Å². The largest absolute Gasteiger partial charge is 0.495 e. The number of hydrogen-bond donors (Lipinski definition) is 0. The topological polar surface area (TPSA) is 46.6 Å². The van der Waals surface area contributed by atoms with Crippen LogP contribution in [0, 0.1) is 5.92 Å². The molecule has 1 aromatic rings. The van der Waals surface area contributed by atoms with Gasteiger partial charge in [-0.25, -0.2) is 8.42 Å². The van der Waals surface area contributed by atoms with Crippen molar-refractivity contribution in [2.24, 2.45) is 5.92 Å². The molecule has 1 saturated carbocycles. The van der Waals surface area contributed by atoms with E-state index >= 15 is 0 Å². The maximum atomic E-state index is 12.0. The van der Waals surface area contributed by atoms with Gasteiger partial charge in [-0.15, -0.1) is 0 Å². The predicted molar refractivity (Wildman–Crippen MR) is 91.5 cm³/mol. The van der Waals surface area contributed by atoms with Crippen LogP contribution in [0.1, 0.15) is 44.6 Å². The van der Waals surface area contributed by atoms with Gasteiger partial charge < -0.3 is 4.74 Å². The molecular weight excluding hydrogens is 310 g/mol. The zero-order valence-corrected chi connectivity index (χ0v) is 15.1. The van der Waals surface area contributed by atoms with Gasteiger partial charge in [0.1, 0.15) is 10.6 Å². The highest BCUT2D eigenvalue weighted by molar-refractivity contribution is 7.90. The van der Waals surface area contributed by atoms with E-state index in [1.807, 2.05) is 6.07 Å². The highest BCUT2D eigenvalue weighted by Crippen LogP contribution is 2.40. The Bertz CT molecular complexity index is 671. The lowest BCUT2D eigenvalue weighted by molar-refractivity contribution is 0.149. The van der Waals surface area contributed by atoms with Crippen LogP contribution >= 0.6 is 0 Å². The predicted octanol–water partition coefficient (Wildman–Crippen LogP) is 3.25. The summed E-state index contributed by atoms with van der Waals surface area (Å²) in [4.78, 5) is 2.88. The summed E-state index contributed by atoms with van der Waals surface area (Å²) >= 11 is 0. The summed E-state index contributed by atoms with van der Waals surface area (Å²) in [7, 11) is -1.77. The Balaban J connectivity index is 1.85. The van der Waals surface area contributed by atoms with Gasteiger partial charge in [0.25, 0.3) is 0 Å². The van der Waals surface area contributed by atoms with Crippen molar-refractivity contribution in [3.8, 4) is 5.75 Å². The number of sulfone groups is 1. The van der Waals surface area contributed by atoms with E-state index in [1.54, 1.807) is 12.1 Å². The van der Waals surface area contributed by atoms with E-state index in [0.717, 1.165) is 18.0 Å². The Hall–Kier alpha value is -1.07. The molecular formula is C18H27NO3S. The van der Waals surface area contributed by atoms with Crippen LogP contribution < -0.4 is 4.74 Å². The summed E-state index contributed by atoms with van der Waals surface area (Å²) in [5.41, 5.74) is 1.06. The molecule has 2 fully saturated rings. The van der Waals surface area contributed by atoms with Gasteiger partial charge in [-0.2, -0.15) is 0 Å². The second-order valence-corrected chi connectivity index (χ2v) is 9.11. The van der Waals surface area contributed by atoms with Gasteiger partial charge in [0.15, 0.2) is 9.84 Å². The van der Waals surface area contributed by atoms with E-state index < -0.39 is 9.84 Å². The summed E-state index contributed by atoms with van der Waals surface area (Å²) in [6.07, 6.45) is 7.83. The molecule has 0 aromatic heterocycles. The van der Waals surface area contributed by atoms with Gasteiger partial charge in [0.2, 0.25) is 0 Å². The third kappa shape index (κ3) is 3.41. The van der Waals surface area contributed by atoms with Crippen molar-refractivity contribution in [1.29, 1.82) is 0 Å². The number of hydrogen-bond acceptors (Lipinski definition) is 4. The molecule has 5 heteroatoms. The van der Waals surface area contributed by atoms with Gasteiger partial charge in [-0.05, 0) is 49.8 Å². The third-order valence-electron chi connectivity index (χ3n) is 5.50. The van der Waals surface area contributed by atoms with Crippen molar-refractivity contribution in [1.82, 2.24) is 4.90 Å². The van der Waals surface area contributed by atoms with Crippen LogP contribution in [-0.4, -0.2) is 38.8 Å². The lowest BCUT2D eigenvalue weighted by atomic mass is 9.85. The first kappa shape index (κ1) is 16.8. The van der Waals surface area contributed by atoms with E-state index in [2.05, 4.69) is 11.8 Å². The standard InChI is InChI=1S/C18H27NO3S/c1-13-10-15-6-4-5-7-16(15)19(13)12-14-8-9-17(22-2)18(11-14)23(3,20)21/h8-9,11,13,15-16H,4-7,10,12H2,1-3H3/t13-,15+,16+/m1/s1. The number of benzene rings is 1. The third-order valence-corrected chi connectivity index (χ3v) is 6.62. The molecule has 0 bridgehead atoms. The first-order valence-corrected chi connectivity index (χ1v) is 10.4. The van der Waals surface area contributed by atoms with Crippen molar-refractivity contribution >= 4 is 9.84 Å². The fourth-order valence-corrected chi connectivity index (χ4v) is 5.28. The molecule has 1 saturated heterocycles. The zero-order chi connectivity index (χ0) is 16.6. The maximum Gasteiger partial charge on any atom is 0.179 e. The molecule has 0 spiro atoms. The van der Waals surface area contributed by atoms with Gasteiger partial charge in [0, 0.05) is 24.9 Å². The van der Waals surface area contributed by atoms with Gasteiger partial charge >= 0.3 is 0 Å². The van der Waals surface area contributed by atoms with Gasteiger partial charge in [-0.3, -0.25) is 4.90 Å². The summed E-state index contributed by atoms with van der Waals surface area (Å²) in [5, 5.41) is 0. The monoisotopic (exact) mass is 337 g/mol. The first-order valence-electron chi connectivity index (χ1n) is 8.53. The number of rotatable bonds is 4. The van der Waals surface area contributed by atoms with Crippen molar-refractivity contribution in [2.75, 3.05) is 13.4 Å². The second kappa shape index (κ2) is 6.44. The van der Waals surface area contributed by atoms with Crippen molar-refractivity contribution in [3.05, 3.63) is 23.8 Å². The summed E-state index contributed by atoms with van der Waals surface area (Å²) in [6, 6.07) is 6.81. The van der Waals surface area contributed by atoms with Crippen LogP contribution in [0.5, 0.6) is 5.75 Å². The molecule has 0 radical (unpaired) electrons. The molecule has 23 heavy (non-hydrogen) atoms. The average molecular weight is 337 g/mol. The molecule has 2 aliphatic rings. The van der Waals surface area contributed by atoms with Crippen molar-refractivity contribution in [3.63, 3.8) is 0 Å². The molecule has 128 valence electrons. The van der Waals surface area contributed by atoms with Crippen LogP contribution in [-0.2, 0) is 16.4 Å². The summed E-state index contributed by atoms with van der Waals surface area (Å²) in [6.45, 7) is 3.13. The molecule has 0 N–H and O–H groups in total. The van der Waals surface area contributed by atoms with Crippen molar-refractivity contribution < 1.29 is 13.2 Å². The van der Waals surface area contributed by atoms with Crippen LogP contribution in [0.25, 0.3) is 0 Å². The summed E-state index contributed by atoms with van der Waals surface area (Å²) < 4.78 is 29.2. The Morgan fingerprint density at radius 1 is 1.26 bits per heavy atom. The Kier molecular flexibility index (Phi) is 4.70. The molecule has 1 aliphatic carbocycles. The lowest BCUT2D eigenvalue weighted by Crippen LogP contribution is -2.37. The molecule has 1 aromatic carbocycles. The molecule has 0 unspecified atom stereocenters. The molecule has 1 aliphatic heterocycles. The summed E-state index contributed by atoms with van der Waals surface area (Å²) in [5.74, 6) is 1.26. The van der Waals surface area contributed by atoms with E-state index in [-0.39, 0.29) is 0 Å². The SMILES string of the molecule is COc1ccc(CN2[C@H](C)C[C@@H]3CCCC[C@@H]32)cc1S(C)(=O)=O. The Labute approximate surface area is 139 Å². The van der Waals surface area contributed by atoms with Crippen molar-refractivity contribution in [2.45, 2.75) is 62.6 Å². The van der Waals surface area contributed by atoms with Crippen LogP contribution in [0.3, 0.4) is 0 Å². The first-order chi connectivity index (χ1) is 10.9. The van der Waals surface area contributed by atoms with Crippen LogP contribution in [0.2, 0.25) is 0 Å². The minimum Gasteiger partial charge on any atom is -0.495 e. The Morgan fingerprint density at radius 3 is 2.70 bits per heavy atom. The lowest BCUT2D eigenvalue weighted by Gasteiger charge is -2.33. The number of ether oxygens (including phenoxy) is 1. The smallest absolute Gasteiger partial charge is 0.179 e. The molecule has 3 atom stereocenters. The maximum absolute atomic E-state index is 12.0. The molecule has 1 heterocycles. The van der Waals surface area contributed by atoms with E-state index in [9.17, 15) is 8.42 Å². The van der Waals surface area contributed by atoms with E-state index in [4.69, 9.17) is 4.74 Å². The fraction of sp³-hybridized carbons (Fsp3) is 0.667. The fourth-order valence-electron chi connectivity index (χ4n) is 4.39. The minimum absolute atomic E-state index is 0.296. The van der Waals surface area contributed by atoms with E-state index in [1.165, 1.54) is 45.5 Å². The number of fused-ring (bicyclic) bond motifs is 1. The van der Waals surface area contributed by atoms with Gasteiger partial charge in [-0.1, -0.05) is 18.9 Å². The second-order valence-electron chi connectivity index (χ2n) is 7.13. The number of nitrogens with zero attached hydrogens (tertiary/aromatic N) is 1. The number of likely N-dealkylation sites (tertiary alicyclic amines) is 1. The highest BCUT2D eigenvalue weighted by atomic mass is 32.2. The normalized spacial score (nSPS) is 28.6. The molecule has 4 nitrogen and oxygen atoms in total. The van der Waals surface area contributed by atoms with E-state index in [0.29, 0.717) is 22.7 Å². The number of methoxy groups -OCH3 is 1. The minimum atomic E-state index is -3.28. The average Bonchev–Trinajstić information content (AvgIpc) is 2.82. The molecule has 0 amide bonds. The highest BCUT2D eigenvalue weighted by Gasteiger charge is 2.39. The Morgan fingerprint density at radius 2 is 2.00 bits per heavy atom. The van der Waals surface area contributed by atoms with Gasteiger partial charge in [0.05, 0.1) is 7.11 Å². The quantitative estimate of drug-likeness (QED) is 0.846. The van der Waals surface area contributed by atoms with Crippen LogP contribution in [0.4, 0.5) is 0 Å². The zero-order valence-electron chi connectivity index (χ0n) is 14.3.